The van der Waals surface area contributed by atoms with E-state index in [1.54, 1.807) is 19.2 Å². The Morgan fingerprint density at radius 1 is 1.06 bits per heavy atom. The first-order chi connectivity index (χ1) is 15.6. The van der Waals surface area contributed by atoms with Gasteiger partial charge >= 0.3 is 0 Å². The molecule has 0 atom stereocenters. The molecule has 1 aliphatic carbocycles. The van der Waals surface area contributed by atoms with E-state index in [9.17, 15) is 4.39 Å². The van der Waals surface area contributed by atoms with Crippen molar-refractivity contribution < 1.29 is 9.13 Å². The van der Waals surface area contributed by atoms with E-state index in [0.717, 1.165) is 50.2 Å². The van der Waals surface area contributed by atoms with Crippen LogP contribution in [0.1, 0.15) is 56.9 Å². The van der Waals surface area contributed by atoms with E-state index in [1.807, 2.05) is 18.2 Å². The van der Waals surface area contributed by atoms with Crippen LogP contribution in [-0.4, -0.2) is 41.8 Å². The average molecular weight is 458 g/mol. The summed E-state index contributed by atoms with van der Waals surface area (Å²) >= 11 is 5.58. The Labute approximate surface area is 195 Å². The predicted octanol–water partition coefficient (Wildman–Crippen LogP) is 4.80. The molecule has 1 aromatic heterocycles. The lowest BCUT2D eigenvalue weighted by atomic mass is 9.79. The van der Waals surface area contributed by atoms with Crippen molar-refractivity contribution in [2.75, 3.05) is 37.0 Å². The Kier molecular flexibility index (Phi) is 7.40. The van der Waals surface area contributed by atoms with Crippen molar-refractivity contribution in [1.82, 2.24) is 15.3 Å². The van der Waals surface area contributed by atoms with E-state index in [-0.39, 0.29) is 11.2 Å². The van der Waals surface area contributed by atoms with Crippen LogP contribution in [0, 0.1) is 5.82 Å². The minimum absolute atomic E-state index is 0.0358. The van der Waals surface area contributed by atoms with Gasteiger partial charge in [0.1, 0.15) is 11.6 Å². The number of rotatable bonds is 6. The summed E-state index contributed by atoms with van der Waals surface area (Å²) in [6.07, 6.45) is 9.29. The SMILES string of the molecule is COc1cc(N2CCCCCC2)nc(NC(=S)NCC2(c3ccc(F)cc3)CCCC2)n1. The van der Waals surface area contributed by atoms with Gasteiger partial charge in [-0.1, -0.05) is 37.8 Å². The quantitative estimate of drug-likeness (QED) is 0.604. The third kappa shape index (κ3) is 5.46. The Morgan fingerprint density at radius 3 is 2.41 bits per heavy atom. The van der Waals surface area contributed by atoms with Gasteiger partial charge in [-0.15, -0.1) is 0 Å². The molecular formula is C24H32FN5OS. The number of halogens is 1. The maximum absolute atomic E-state index is 13.4. The summed E-state index contributed by atoms with van der Waals surface area (Å²) in [6.45, 7) is 2.67. The fourth-order valence-corrected chi connectivity index (χ4v) is 5.02. The maximum atomic E-state index is 13.4. The molecule has 1 saturated carbocycles. The predicted molar refractivity (Wildman–Crippen MR) is 130 cm³/mol. The van der Waals surface area contributed by atoms with Gasteiger partial charge in [-0.05, 0) is 55.6 Å². The number of methoxy groups -OCH3 is 1. The van der Waals surface area contributed by atoms with Crippen molar-refractivity contribution in [3.8, 4) is 5.88 Å². The lowest BCUT2D eigenvalue weighted by Crippen LogP contribution is -2.41. The molecule has 4 rings (SSSR count). The second kappa shape index (κ2) is 10.4. The van der Waals surface area contributed by atoms with Crippen LogP contribution in [0.4, 0.5) is 16.2 Å². The molecule has 1 aromatic carbocycles. The maximum Gasteiger partial charge on any atom is 0.234 e. The van der Waals surface area contributed by atoms with Crippen LogP contribution in [0.5, 0.6) is 5.88 Å². The van der Waals surface area contributed by atoms with E-state index in [0.29, 0.717) is 23.5 Å². The van der Waals surface area contributed by atoms with Gasteiger partial charge in [0.15, 0.2) is 5.11 Å². The van der Waals surface area contributed by atoms with Gasteiger partial charge in [-0.25, -0.2) is 4.39 Å². The molecule has 2 N–H and O–H groups in total. The first-order valence-corrected chi connectivity index (χ1v) is 12.0. The van der Waals surface area contributed by atoms with Crippen LogP contribution in [0.3, 0.4) is 0 Å². The monoisotopic (exact) mass is 457 g/mol. The summed E-state index contributed by atoms with van der Waals surface area (Å²) in [6, 6.07) is 8.77. The number of hydrogen-bond acceptors (Lipinski definition) is 5. The Hall–Kier alpha value is -2.48. The molecule has 0 radical (unpaired) electrons. The van der Waals surface area contributed by atoms with Crippen molar-refractivity contribution in [2.24, 2.45) is 0 Å². The zero-order valence-electron chi connectivity index (χ0n) is 18.7. The van der Waals surface area contributed by atoms with E-state index in [1.165, 1.54) is 25.7 Å². The Morgan fingerprint density at radius 2 is 1.75 bits per heavy atom. The minimum atomic E-state index is -0.206. The van der Waals surface area contributed by atoms with Crippen LogP contribution in [-0.2, 0) is 5.41 Å². The van der Waals surface area contributed by atoms with E-state index in [4.69, 9.17) is 21.9 Å². The molecule has 0 bridgehead atoms. The molecule has 172 valence electrons. The van der Waals surface area contributed by atoms with Crippen LogP contribution >= 0.6 is 12.2 Å². The number of ether oxygens (including phenoxy) is 1. The molecule has 0 unspecified atom stereocenters. The van der Waals surface area contributed by atoms with Crippen molar-refractivity contribution in [3.63, 3.8) is 0 Å². The molecule has 0 amide bonds. The smallest absolute Gasteiger partial charge is 0.234 e. The number of anilines is 2. The lowest BCUT2D eigenvalue weighted by molar-refractivity contribution is 0.397. The number of nitrogens with zero attached hydrogens (tertiary/aromatic N) is 3. The van der Waals surface area contributed by atoms with Gasteiger partial charge in [-0.2, -0.15) is 9.97 Å². The zero-order valence-corrected chi connectivity index (χ0v) is 19.5. The highest BCUT2D eigenvalue weighted by molar-refractivity contribution is 7.80. The Balaban J connectivity index is 1.44. The van der Waals surface area contributed by atoms with Gasteiger partial charge in [-0.3, -0.25) is 0 Å². The summed E-state index contributed by atoms with van der Waals surface area (Å²) < 4.78 is 18.8. The summed E-state index contributed by atoms with van der Waals surface area (Å²) in [5, 5.41) is 6.99. The summed E-state index contributed by atoms with van der Waals surface area (Å²) in [4.78, 5) is 11.4. The fraction of sp³-hybridized carbons (Fsp3) is 0.542. The average Bonchev–Trinajstić information content (AvgIpc) is 3.12. The number of benzene rings is 1. The van der Waals surface area contributed by atoms with Crippen molar-refractivity contribution in [3.05, 3.63) is 41.7 Å². The Bertz CT molecular complexity index is 909. The molecule has 2 heterocycles. The zero-order chi connectivity index (χ0) is 22.4. The van der Waals surface area contributed by atoms with Gasteiger partial charge in [0, 0.05) is 31.1 Å². The van der Waals surface area contributed by atoms with Crippen LogP contribution in [0.2, 0.25) is 0 Å². The number of hydrogen-bond donors (Lipinski definition) is 2. The molecule has 2 fully saturated rings. The van der Waals surface area contributed by atoms with Gasteiger partial charge < -0.3 is 20.3 Å². The molecule has 8 heteroatoms. The second-order valence-electron chi connectivity index (χ2n) is 8.80. The molecule has 1 aliphatic heterocycles. The third-order valence-electron chi connectivity index (χ3n) is 6.66. The van der Waals surface area contributed by atoms with E-state index >= 15 is 0 Å². The molecular weight excluding hydrogens is 425 g/mol. The highest BCUT2D eigenvalue weighted by Crippen LogP contribution is 2.40. The molecule has 2 aromatic rings. The van der Waals surface area contributed by atoms with Crippen molar-refractivity contribution >= 4 is 29.1 Å². The molecule has 1 saturated heterocycles. The van der Waals surface area contributed by atoms with Crippen LogP contribution in [0.25, 0.3) is 0 Å². The first kappa shape index (κ1) is 22.7. The number of aromatic nitrogens is 2. The summed E-state index contributed by atoms with van der Waals surface area (Å²) in [5.74, 6) is 1.61. The summed E-state index contributed by atoms with van der Waals surface area (Å²) in [5.41, 5.74) is 1.12. The normalized spacial score (nSPS) is 18.1. The highest BCUT2D eigenvalue weighted by atomic mass is 32.1. The van der Waals surface area contributed by atoms with Crippen LogP contribution in [0.15, 0.2) is 30.3 Å². The topological polar surface area (TPSA) is 62.3 Å². The van der Waals surface area contributed by atoms with Crippen LogP contribution < -0.4 is 20.3 Å². The fourth-order valence-electron chi connectivity index (χ4n) is 4.85. The van der Waals surface area contributed by atoms with Crippen molar-refractivity contribution in [1.29, 1.82) is 0 Å². The number of thiocarbonyl (C=S) groups is 1. The minimum Gasteiger partial charge on any atom is -0.481 e. The summed E-state index contributed by atoms with van der Waals surface area (Å²) in [7, 11) is 1.61. The molecule has 6 nitrogen and oxygen atoms in total. The first-order valence-electron chi connectivity index (χ1n) is 11.6. The number of nitrogens with one attached hydrogen (secondary N) is 2. The van der Waals surface area contributed by atoms with E-state index in [2.05, 4.69) is 20.5 Å². The van der Waals surface area contributed by atoms with Crippen molar-refractivity contribution in [2.45, 2.75) is 56.8 Å². The lowest BCUT2D eigenvalue weighted by Gasteiger charge is -2.30. The molecule has 2 aliphatic rings. The highest BCUT2D eigenvalue weighted by Gasteiger charge is 2.35. The van der Waals surface area contributed by atoms with Gasteiger partial charge in [0.2, 0.25) is 11.8 Å². The van der Waals surface area contributed by atoms with Gasteiger partial charge in [0.05, 0.1) is 7.11 Å². The standard InChI is InChI=1S/C24H32FN5OS/c1-31-21-16-20(30-14-6-2-3-7-15-30)27-22(28-21)29-23(32)26-17-24(12-4-5-13-24)18-8-10-19(25)11-9-18/h8-11,16H,2-7,12-15,17H2,1H3,(H2,26,27,28,29,32). The largest absolute Gasteiger partial charge is 0.481 e. The van der Waals surface area contributed by atoms with E-state index < -0.39 is 0 Å². The molecule has 0 spiro atoms. The van der Waals surface area contributed by atoms with Gasteiger partial charge in [0.25, 0.3) is 0 Å². The molecule has 32 heavy (non-hydrogen) atoms. The second-order valence-corrected chi connectivity index (χ2v) is 9.20. The third-order valence-corrected chi connectivity index (χ3v) is 6.90.